The normalized spacial score (nSPS) is 10.2. The number of rotatable bonds is 8. The zero-order chi connectivity index (χ0) is 15.7. The van der Waals surface area contributed by atoms with Gasteiger partial charge in [-0.1, -0.05) is 41.9 Å². The Morgan fingerprint density at radius 1 is 1.10 bits per heavy atom. The second kappa shape index (κ2) is 9.55. The summed E-state index contributed by atoms with van der Waals surface area (Å²) >= 11 is 3.36. The summed E-state index contributed by atoms with van der Waals surface area (Å²) in [5.74, 6) is -0.138. The quantitative estimate of drug-likeness (QED) is 0.780. The van der Waals surface area contributed by atoms with E-state index in [0.29, 0.717) is 6.42 Å². The predicted molar refractivity (Wildman–Crippen MR) is 88.0 cm³/mol. The molecule has 1 aromatic rings. The number of nitrogens with one attached hydrogen (secondary N) is 1. The molecule has 1 N–H and O–H groups in total. The summed E-state index contributed by atoms with van der Waals surface area (Å²) in [6, 6.07) is 7.59. The van der Waals surface area contributed by atoms with Gasteiger partial charge in [-0.2, -0.15) is 0 Å². The summed E-state index contributed by atoms with van der Waals surface area (Å²) in [5, 5.41) is 2.70. The number of nitrogens with zero attached hydrogens (tertiary/aromatic N) is 1. The molecule has 0 atom stereocenters. The molecular formula is C16H23BrN2O2. The summed E-state index contributed by atoms with van der Waals surface area (Å²) in [6.07, 6.45) is 2.15. The van der Waals surface area contributed by atoms with Crippen LogP contribution in [0.2, 0.25) is 0 Å². The molecule has 0 heterocycles. The first kappa shape index (κ1) is 17.7. The van der Waals surface area contributed by atoms with Crippen LogP contribution in [0, 0.1) is 0 Å². The lowest BCUT2D eigenvalue weighted by molar-refractivity contribution is -0.132. The van der Waals surface area contributed by atoms with Crippen molar-refractivity contribution in [3.05, 3.63) is 34.3 Å². The molecule has 0 unspecified atom stereocenters. The van der Waals surface area contributed by atoms with Crippen LogP contribution < -0.4 is 5.32 Å². The maximum atomic E-state index is 12.0. The molecule has 1 rings (SSSR count). The molecule has 21 heavy (non-hydrogen) atoms. The lowest BCUT2D eigenvalue weighted by atomic mass is 10.1. The zero-order valence-corrected chi connectivity index (χ0v) is 14.3. The molecule has 0 bridgehead atoms. The van der Waals surface area contributed by atoms with Crippen LogP contribution >= 0.6 is 15.9 Å². The Morgan fingerprint density at radius 3 is 2.19 bits per heavy atom. The van der Waals surface area contributed by atoms with E-state index in [2.05, 4.69) is 21.2 Å². The second-order valence-corrected chi connectivity index (χ2v) is 5.88. The number of carbonyl (C=O) groups is 2. The van der Waals surface area contributed by atoms with E-state index in [9.17, 15) is 9.59 Å². The van der Waals surface area contributed by atoms with Gasteiger partial charge in [0, 0.05) is 17.6 Å². The fourth-order valence-electron chi connectivity index (χ4n) is 2.04. The Hall–Kier alpha value is -1.36. The molecule has 0 saturated heterocycles. The highest BCUT2D eigenvalue weighted by atomic mass is 79.9. The Morgan fingerprint density at radius 2 is 1.67 bits per heavy atom. The van der Waals surface area contributed by atoms with Gasteiger partial charge in [0.1, 0.15) is 0 Å². The van der Waals surface area contributed by atoms with E-state index in [1.807, 2.05) is 38.1 Å². The smallest absolute Gasteiger partial charge is 0.241 e. The van der Waals surface area contributed by atoms with Crippen molar-refractivity contribution in [3.8, 4) is 0 Å². The second-order valence-electron chi connectivity index (χ2n) is 4.96. The van der Waals surface area contributed by atoms with E-state index in [-0.39, 0.29) is 18.4 Å². The SMILES string of the molecule is CCCN(CCC)C(=O)CNC(=O)Cc1ccc(Br)cc1. The van der Waals surface area contributed by atoms with Gasteiger partial charge in [-0.15, -0.1) is 0 Å². The van der Waals surface area contributed by atoms with Crippen LogP contribution in [0.3, 0.4) is 0 Å². The monoisotopic (exact) mass is 354 g/mol. The van der Waals surface area contributed by atoms with E-state index >= 15 is 0 Å². The van der Waals surface area contributed by atoms with E-state index in [4.69, 9.17) is 0 Å². The van der Waals surface area contributed by atoms with Crippen molar-refractivity contribution in [1.82, 2.24) is 10.2 Å². The largest absolute Gasteiger partial charge is 0.347 e. The van der Waals surface area contributed by atoms with Gasteiger partial charge in [0.15, 0.2) is 0 Å². The number of benzene rings is 1. The summed E-state index contributed by atoms with van der Waals surface area (Å²) < 4.78 is 0.983. The van der Waals surface area contributed by atoms with Crippen molar-refractivity contribution in [3.63, 3.8) is 0 Å². The molecule has 4 nitrogen and oxygen atoms in total. The molecule has 0 saturated carbocycles. The lowest BCUT2D eigenvalue weighted by Crippen LogP contribution is -2.41. The van der Waals surface area contributed by atoms with Crippen LogP contribution in [0.25, 0.3) is 0 Å². The van der Waals surface area contributed by atoms with Crippen molar-refractivity contribution < 1.29 is 9.59 Å². The van der Waals surface area contributed by atoms with Crippen molar-refractivity contribution >= 4 is 27.7 Å². The minimum atomic E-state index is -0.126. The molecule has 0 aliphatic rings. The van der Waals surface area contributed by atoms with Gasteiger partial charge in [-0.05, 0) is 30.5 Å². The van der Waals surface area contributed by atoms with Gasteiger partial charge in [0.2, 0.25) is 11.8 Å². The summed E-state index contributed by atoms with van der Waals surface area (Å²) in [4.78, 5) is 25.7. The molecule has 116 valence electrons. The highest BCUT2D eigenvalue weighted by molar-refractivity contribution is 9.10. The molecule has 0 aromatic heterocycles. The highest BCUT2D eigenvalue weighted by Crippen LogP contribution is 2.10. The maximum Gasteiger partial charge on any atom is 0.241 e. The molecule has 0 aliphatic carbocycles. The average Bonchev–Trinajstić information content (AvgIpc) is 2.47. The van der Waals surface area contributed by atoms with Crippen molar-refractivity contribution in [2.75, 3.05) is 19.6 Å². The first-order chi connectivity index (χ1) is 10.1. The molecular weight excluding hydrogens is 332 g/mol. The standard InChI is InChI=1S/C16H23BrN2O2/c1-3-9-19(10-4-2)16(21)12-18-15(20)11-13-5-7-14(17)8-6-13/h5-8H,3-4,9-12H2,1-2H3,(H,18,20). The number of halogens is 1. The van der Waals surface area contributed by atoms with Crippen LogP contribution in [0.4, 0.5) is 0 Å². The van der Waals surface area contributed by atoms with Crippen LogP contribution in [0.15, 0.2) is 28.7 Å². The number of carbonyl (C=O) groups excluding carboxylic acids is 2. The van der Waals surface area contributed by atoms with Gasteiger partial charge in [0.25, 0.3) is 0 Å². The Balaban J connectivity index is 2.40. The molecule has 1 aromatic carbocycles. The number of amides is 2. The van der Waals surface area contributed by atoms with Crippen LogP contribution in [0.5, 0.6) is 0 Å². The summed E-state index contributed by atoms with van der Waals surface area (Å²) in [7, 11) is 0. The number of hydrogen-bond acceptors (Lipinski definition) is 2. The molecule has 0 spiro atoms. The first-order valence-electron chi connectivity index (χ1n) is 7.35. The first-order valence-corrected chi connectivity index (χ1v) is 8.15. The summed E-state index contributed by atoms with van der Waals surface area (Å²) in [6.45, 7) is 5.66. The molecule has 0 aliphatic heterocycles. The molecule has 5 heteroatoms. The lowest BCUT2D eigenvalue weighted by Gasteiger charge is -2.21. The van der Waals surface area contributed by atoms with Crippen LogP contribution in [0.1, 0.15) is 32.3 Å². The van der Waals surface area contributed by atoms with Crippen molar-refractivity contribution in [2.45, 2.75) is 33.1 Å². The predicted octanol–water partition coefficient (Wildman–Crippen LogP) is 2.76. The minimum Gasteiger partial charge on any atom is -0.347 e. The maximum absolute atomic E-state index is 12.0. The van der Waals surface area contributed by atoms with E-state index < -0.39 is 0 Å². The fraction of sp³-hybridized carbons (Fsp3) is 0.500. The third-order valence-corrected chi connectivity index (χ3v) is 3.58. The number of hydrogen-bond donors (Lipinski definition) is 1. The van der Waals surface area contributed by atoms with Crippen LogP contribution in [-0.2, 0) is 16.0 Å². The fourth-order valence-corrected chi connectivity index (χ4v) is 2.30. The van der Waals surface area contributed by atoms with Gasteiger partial charge in [0.05, 0.1) is 13.0 Å². The van der Waals surface area contributed by atoms with Crippen molar-refractivity contribution in [1.29, 1.82) is 0 Å². The molecule has 0 fully saturated rings. The van der Waals surface area contributed by atoms with E-state index in [1.54, 1.807) is 4.90 Å². The topological polar surface area (TPSA) is 49.4 Å². The average molecular weight is 355 g/mol. The highest BCUT2D eigenvalue weighted by Gasteiger charge is 2.12. The summed E-state index contributed by atoms with van der Waals surface area (Å²) in [5.41, 5.74) is 0.933. The van der Waals surface area contributed by atoms with Gasteiger partial charge in [-0.25, -0.2) is 0 Å². The Bertz CT molecular complexity index is 454. The Kier molecular flexibility index (Phi) is 8.05. The minimum absolute atomic E-state index is 0.0112. The molecule has 2 amide bonds. The van der Waals surface area contributed by atoms with E-state index in [0.717, 1.165) is 36.0 Å². The van der Waals surface area contributed by atoms with Gasteiger partial charge in [-0.3, -0.25) is 9.59 Å². The van der Waals surface area contributed by atoms with Crippen LogP contribution in [-0.4, -0.2) is 36.3 Å². The van der Waals surface area contributed by atoms with E-state index in [1.165, 1.54) is 0 Å². The van der Waals surface area contributed by atoms with Gasteiger partial charge >= 0.3 is 0 Å². The van der Waals surface area contributed by atoms with Gasteiger partial charge < -0.3 is 10.2 Å². The zero-order valence-electron chi connectivity index (χ0n) is 12.7. The third kappa shape index (κ3) is 6.76. The third-order valence-electron chi connectivity index (χ3n) is 3.05. The van der Waals surface area contributed by atoms with Crippen molar-refractivity contribution in [2.24, 2.45) is 0 Å². The Labute approximate surface area is 135 Å². The molecule has 0 radical (unpaired) electrons.